The molecule has 1 saturated heterocycles. The van der Waals surface area contributed by atoms with Crippen molar-refractivity contribution >= 4 is 17.8 Å². The molecule has 3 amide bonds. The molecule has 1 unspecified atom stereocenters. The van der Waals surface area contributed by atoms with Crippen LogP contribution in [0.3, 0.4) is 0 Å². The molecule has 8 nitrogen and oxygen atoms in total. The Morgan fingerprint density at radius 1 is 1.39 bits per heavy atom. The molecule has 9 heteroatoms. The summed E-state index contributed by atoms with van der Waals surface area (Å²) in [5.74, 6) is 0.0538. The number of carbonyl (C=O) groups excluding carboxylic acids is 2. The number of aryl methyl sites for hydroxylation is 1. The highest BCUT2D eigenvalue weighted by atomic mass is 19.1. The number of amides is 3. The number of aromatic nitrogens is 2. The quantitative estimate of drug-likeness (QED) is 0.787. The Bertz CT molecular complexity index is 854. The van der Waals surface area contributed by atoms with Gasteiger partial charge in [0.1, 0.15) is 11.9 Å². The van der Waals surface area contributed by atoms with Crippen molar-refractivity contribution in [3.05, 3.63) is 47.4 Å². The molecule has 0 bridgehead atoms. The molecule has 1 fully saturated rings. The van der Waals surface area contributed by atoms with Crippen molar-refractivity contribution in [1.29, 1.82) is 0 Å². The van der Waals surface area contributed by atoms with Gasteiger partial charge < -0.3 is 15.4 Å². The lowest BCUT2D eigenvalue weighted by molar-refractivity contribution is -0.121. The van der Waals surface area contributed by atoms with E-state index in [-0.39, 0.29) is 24.9 Å². The zero-order chi connectivity index (χ0) is 20.1. The van der Waals surface area contributed by atoms with Crippen LogP contribution in [0.15, 0.2) is 30.5 Å². The molecular formula is C19H24FN5O3. The van der Waals surface area contributed by atoms with Gasteiger partial charge in [-0.15, -0.1) is 0 Å². The molecule has 0 radical (unpaired) electrons. The molecule has 2 heterocycles. The Hall–Kier alpha value is -2.94. The molecular weight excluding hydrogens is 365 g/mol. The number of halogens is 1. The highest BCUT2D eigenvalue weighted by molar-refractivity contribution is 5.99. The number of anilines is 1. The number of nitrogens with one attached hydrogen (secondary N) is 2. The van der Waals surface area contributed by atoms with Gasteiger partial charge in [-0.25, -0.2) is 9.18 Å². The van der Waals surface area contributed by atoms with Gasteiger partial charge in [0.25, 0.3) is 5.91 Å². The van der Waals surface area contributed by atoms with Crippen LogP contribution in [0, 0.1) is 5.82 Å². The van der Waals surface area contributed by atoms with Gasteiger partial charge in [-0.3, -0.25) is 14.4 Å². The number of carbonyl (C=O) groups is 2. The van der Waals surface area contributed by atoms with Crippen molar-refractivity contribution in [2.45, 2.75) is 32.0 Å². The first kappa shape index (κ1) is 19.8. The Morgan fingerprint density at radius 2 is 2.21 bits per heavy atom. The largest absolute Gasteiger partial charge is 0.380 e. The van der Waals surface area contributed by atoms with Gasteiger partial charge >= 0.3 is 6.03 Å². The van der Waals surface area contributed by atoms with Crippen LogP contribution < -0.4 is 15.5 Å². The van der Waals surface area contributed by atoms with Gasteiger partial charge in [0.15, 0.2) is 5.82 Å². The SMILES string of the molecule is COCc1cc(CNC(=O)NC2CCCN(c3ccn(C)n3)C2=O)ccc1F. The third kappa shape index (κ3) is 4.66. The van der Waals surface area contributed by atoms with E-state index < -0.39 is 12.1 Å². The monoisotopic (exact) mass is 389 g/mol. The number of benzene rings is 1. The van der Waals surface area contributed by atoms with Crippen LogP contribution in [0.25, 0.3) is 0 Å². The van der Waals surface area contributed by atoms with Crippen molar-refractivity contribution in [2.24, 2.45) is 7.05 Å². The lowest BCUT2D eigenvalue weighted by Gasteiger charge is -2.31. The minimum atomic E-state index is -0.604. The zero-order valence-corrected chi connectivity index (χ0v) is 15.9. The van der Waals surface area contributed by atoms with Gasteiger partial charge in [-0.2, -0.15) is 5.10 Å². The predicted molar refractivity (Wildman–Crippen MR) is 101 cm³/mol. The fourth-order valence-corrected chi connectivity index (χ4v) is 3.18. The molecule has 28 heavy (non-hydrogen) atoms. The molecule has 1 aliphatic heterocycles. The molecule has 2 N–H and O–H groups in total. The molecule has 150 valence electrons. The van der Waals surface area contributed by atoms with Gasteiger partial charge in [0.05, 0.1) is 6.61 Å². The number of nitrogens with zero attached hydrogens (tertiary/aromatic N) is 3. The van der Waals surface area contributed by atoms with E-state index in [4.69, 9.17) is 4.74 Å². The minimum Gasteiger partial charge on any atom is -0.380 e. The maximum Gasteiger partial charge on any atom is 0.315 e. The fourth-order valence-electron chi connectivity index (χ4n) is 3.18. The van der Waals surface area contributed by atoms with Crippen molar-refractivity contribution in [3.8, 4) is 0 Å². The van der Waals surface area contributed by atoms with Gasteiger partial charge in [0.2, 0.25) is 0 Å². The molecule has 3 rings (SSSR count). The van der Waals surface area contributed by atoms with Gasteiger partial charge in [-0.05, 0) is 30.5 Å². The Balaban J connectivity index is 1.55. The molecule has 1 aliphatic rings. The second-order valence-electron chi connectivity index (χ2n) is 6.72. The standard InChI is InChI=1S/C19H24FN5O3/c1-24-9-7-17(23-24)25-8-3-4-16(18(25)26)22-19(27)21-11-13-5-6-15(20)14(10-13)12-28-2/h5-7,9-10,16H,3-4,8,11-12H2,1-2H3,(H2,21,22,27). The van der Waals surface area contributed by atoms with Crippen LogP contribution in [-0.4, -0.2) is 41.4 Å². The maximum atomic E-state index is 13.7. The van der Waals surface area contributed by atoms with Crippen LogP contribution in [0.1, 0.15) is 24.0 Å². The summed E-state index contributed by atoms with van der Waals surface area (Å²) in [6, 6.07) is 5.31. The number of hydrogen-bond acceptors (Lipinski definition) is 4. The van der Waals surface area contributed by atoms with E-state index in [1.807, 2.05) is 0 Å². The summed E-state index contributed by atoms with van der Waals surface area (Å²) in [4.78, 5) is 26.5. The Labute approximate surface area is 162 Å². The van der Waals surface area contributed by atoms with E-state index >= 15 is 0 Å². The highest BCUT2D eigenvalue weighted by Crippen LogP contribution is 2.19. The van der Waals surface area contributed by atoms with Gasteiger partial charge in [0, 0.05) is 45.1 Å². The van der Waals surface area contributed by atoms with E-state index in [1.54, 1.807) is 41.0 Å². The first-order chi connectivity index (χ1) is 13.5. The van der Waals surface area contributed by atoms with Crippen molar-refractivity contribution < 1.29 is 18.7 Å². The molecule has 2 aromatic rings. The third-order valence-corrected chi connectivity index (χ3v) is 4.58. The van der Waals surface area contributed by atoms with Crippen molar-refractivity contribution in [1.82, 2.24) is 20.4 Å². The minimum absolute atomic E-state index is 0.159. The van der Waals surface area contributed by atoms with E-state index in [9.17, 15) is 14.0 Å². The van der Waals surface area contributed by atoms with Crippen molar-refractivity contribution in [3.63, 3.8) is 0 Å². The number of ether oxygens (including phenoxy) is 1. The van der Waals surface area contributed by atoms with E-state index in [0.717, 1.165) is 12.0 Å². The van der Waals surface area contributed by atoms with E-state index in [2.05, 4.69) is 15.7 Å². The molecule has 0 saturated carbocycles. The second-order valence-corrected chi connectivity index (χ2v) is 6.72. The van der Waals surface area contributed by atoms with Crippen LogP contribution in [-0.2, 0) is 29.7 Å². The lowest BCUT2D eigenvalue weighted by Crippen LogP contribution is -2.54. The number of hydrogen-bond donors (Lipinski definition) is 2. The number of rotatable bonds is 6. The molecule has 0 aliphatic carbocycles. The average molecular weight is 389 g/mol. The molecule has 1 aromatic heterocycles. The topological polar surface area (TPSA) is 88.5 Å². The second kappa shape index (κ2) is 8.83. The maximum absolute atomic E-state index is 13.7. The van der Waals surface area contributed by atoms with E-state index in [1.165, 1.54) is 13.2 Å². The zero-order valence-electron chi connectivity index (χ0n) is 15.9. The van der Waals surface area contributed by atoms with Crippen molar-refractivity contribution in [2.75, 3.05) is 18.6 Å². The summed E-state index contributed by atoms with van der Waals surface area (Å²) in [6.45, 7) is 0.951. The van der Waals surface area contributed by atoms with E-state index in [0.29, 0.717) is 24.3 Å². The van der Waals surface area contributed by atoms with Gasteiger partial charge in [-0.1, -0.05) is 6.07 Å². The first-order valence-corrected chi connectivity index (χ1v) is 9.09. The number of piperidine rings is 1. The molecule has 0 spiro atoms. The van der Waals surface area contributed by atoms with Crippen LogP contribution in [0.4, 0.5) is 15.0 Å². The number of urea groups is 1. The predicted octanol–water partition coefficient (Wildman–Crippen LogP) is 1.70. The summed E-state index contributed by atoms with van der Waals surface area (Å²) >= 11 is 0. The highest BCUT2D eigenvalue weighted by Gasteiger charge is 2.31. The van der Waals surface area contributed by atoms with Crippen LogP contribution in [0.2, 0.25) is 0 Å². The summed E-state index contributed by atoms with van der Waals surface area (Å²) in [5.41, 5.74) is 1.17. The average Bonchev–Trinajstić information content (AvgIpc) is 3.10. The lowest BCUT2D eigenvalue weighted by atomic mass is 10.1. The Kier molecular flexibility index (Phi) is 6.25. The van der Waals surface area contributed by atoms with Crippen LogP contribution in [0.5, 0.6) is 0 Å². The normalized spacial score (nSPS) is 16.9. The molecule has 1 aromatic carbocycles. The first-order valence-electron chi connectivity index (χ1n) is 9.09. The Morgan fingerprint density at radius 3 is 2.93 bits per heavy atom. The summed E-state index contributed by atoms with van der Waals surface area (Å²) in [6.07, 6.45) is 3.11. The smallest absolute Gasteiger partial charge is 0.315 e. The summed E-state index contributed by atoms with van der Waals surface area (Å²) < 4.78 is 20.3. The fraction of sp³-hybridized carbons (Fsp3) is 0.421. The summed E-state index contributed by atoms with van der Waals surface area (Å²) in [5, 5.41) is 9.69. The summed E-state index contributed by atoms with van der Waals surface area (Å²) in [7, 11) is 3.28. The van der Waals surface area contributed by atoms with Crippen LogP contribution >= 0.6 is 0 Å². The molecule has 1 atom stereocenters. The third-order valence-electron chi connectivity index (χ3n) is 4.58. The number of methoxy groups -OCH3 is 1.